The van der Waals surface area contributed by atoms with Gasteiger partial charge in [0.15, 0.2) is 0 Å². The van der Waals surface area contributed by atoms with Crippen LogP contribution in [0.5, 0.6) is 0 Å². The molecule has 0 unspecified atom stereocenters. The van der Waals surface area contributed by atoms with Gasteiger partial charge in [-0.2, -0.15) is 0 Å². The summed E-state index contributed by atoms with van der Waals surface area (Å²) < 4.78 is 2.00. The molecule has 1 aromatic heterocycles. The third kappa shape index (κ3) is 4.51. The summed E-state index contributed by atoms with van der Waals surface area (Å²) in [5.41, 5.74) is 1.07. The molecule has 1 saturated carbocycles. The molecule has 0 bridgehead atoms. The van der Waals surface area contributed by atoms with Gasteiger partial charge in [0.05, 0.1) is 12.2 Å². The highest BCUT2D eigenvalue weighted by Gasteiger charge is 2.22. The number of nitrogens with one attached hydrogen (secondary N) is 1. The first-order valence-electron chi connectivity index (χ1n) is 8.55. The lowest BCUT2D eigenvalue weighted by Crippen LogP contribution is -2.37. The summed E-state index contributed by atoms with van der Waals surface area (Å²) in [7, 11) is 0. The molecule has 1 aliphatic heterocycles. The van der Waals surface area contributed by atoms with E-state index < -0.39 is 0 Å². The molecule has 0 radical (unpaired) electrons. The predicted molar refractivity (Wildman–Crippen MR) is 83.9 cm³/mol. The van der Waals surface area contributed by atoms with Crippen LogP contribution in [0, 0.1) is 11.8 Å². The Morgan fingerprint density at radius 2 is 1.95 bits per heavy atom. The van der Waals surface area contributed by atoms with Crippen LogP contribution in [0.3, 0.4) is 0 Å². The highest BCUT2D eigenvalue weighted by atomic mass is 15.4. The second kappa shape index (κ2) is 6.88. The molecule has 0 aromatic carbocycles. The van der Waals surface area contributed by atoms with Crippen LogP contribution < -0.4 is 5.32 Å². The van der Waals surface area contributed by atoms with Crippen molar-refractivity contribution in [2.24, 2.45) is 11.8 Å². The molecular weight excluding hydrogens is 262 g/mol. The van der Waals surface area contributed by atoms with Gasteiger partial charge in [0.25, 0.3) is 0 Å². The van der Waals surface area contributed by atoms with Crippen molar-refractivity contribution in [2.45, 2.75) is 58.7 Å². The second-order valence-electron chi connectivity index (χ2n) is 7.05. The quantitative estimate of drug-likeness (QED) is 0.833. The summed E-state index contributed by atoms with van der Waals surface area (Å²) in [6, 6.07) is 0.734. The van der Waals surface area contributed by atoms with Crippen LogP contribution in [0.1, 0.15) is 45.2 Å². The van der Waals surface area contributed by atoms with Gasteiger partial charge in [0, 0.05) is 25.3 Å². The SMILES string of the molecule is CC(C)C1CCN(CCn2cc(CNC3CC3)nn2)CC1. The van der Waals surface area contributed by atoms with Crippen molar-refractivity contribution in [3.63, 3.8) is 0 Å². The maximum Gasteiger partial charge on any atom is 0.0964 e. The first kappa shape index (κ1) is 15.0. The Labute approximate surface area is 128 Å². The number of nitrogens with zero attached hydrogens (tertiary/aromatic N) is 4. The summed E-state index contributed by atoms with van der Waals surface area (Å²) in [4.78, 5) is 2.57. The number of hydrogen-bond donors (Lipinski definition) is 1. The van der Waals surface area contributed by atoms with Gasteiger partial charge in [-0.1, -0.05) is 19.1 Å². The van der Waals surface area contributed by atoms with Crippen LogP contribution in [0.25, 0.3) is 0 Å². The monoisotopic (exact) mass is 291 g/mol. The topological polar surface area (TPSA) is 46.0 Å². The fourth-order valence-electron chi connectivity index (χ4n) is 3.15. The van der Waals surface area contributed by atoms with E-state index in [2.05, 4.69) is 40.6 Å². The van der Waals surface area contributed by atoms with E-state index in [0.717, 1.165) is 43.2 Å². The Kier molecular flexibility index (Phi) is 4.91. The fourth-order valence-corrected chi connectivity index (χ4v) is 3.15. The van der Waals surface area contributed by atoms with Crippen molar-refractivity contribution in [3.8, 4) is 0 Å². The first-order valence-corrected chi connectivity index (χ1v) is 8.55. The van der Waals surface area contributed by atoms with Crippen LogP contribution in [0.2, 0.25) is 0 Å². The zero-order valence-corrected chi connectivity index (χ0v) is 13.5. The average Bonchev–Trinajstić information content (AvgIpc) is 3.21. The highest BCUT2D eigenvalue weighted by Crippen LogP contribution is 2.24. The molecule has 0 atom stereocenters. The number of rotatable bonds is 7. The zero-order chi connectivity index (χ0) is 14.7. The molecule has 21 heavy (non-hydrogen) atoms. The van der Waals surface area contributed by atoms with E-state index in [1.54, 1.807) is 0 Å². The maximum atomic E-state index is 4.25. The first-order chi connectivity index (χ1) is 10.2. The van der Waals surface area contributed by atoms with Crippen LogP contribution in [0.4, 0.5) is 0 Å². The molecule has 3 rings (SSSR count). The molecule has 2 fully saturated rings. The maximum absolute atomic E-state index is 4.25. The van der Waals surface area contributed by atoms with Crippen molar-refractivity contribution in [3.05, 3.63) is 11.9 Å². The van der Waals surface area contributed by atoms with Gasteiger partial charge in [0.1, 0.15) is 0 Å². The van der Waals surface area contributed by atoms with E-state index in [0.29, 0.717) is 0 Å². The van der Waals surface area contributed by atoms with Gasteiger partial charge in [-0.15, -0.1) is 5.10 Å². The molecule has 5 heteroatoms. The van der Waals surface area contributed by atoms with E-state index >= 15 is 0 Å². The number of piperidine rings is 1. The summed E-state index contributed by atoms with van der Waals surface area (Å²) in [6.45, 7) is 10.1. The molecule has 0 spiro atoms. The van der Waals surface area contributed by atoms with E-state index in [-0.39, 0.29) is 0 Å². The number of aromatic nitrogens is 3. The second-order valence-corrected chi connectivity index (χ2v) is 7.05. The molecule has 0 amide bonds. The fraction of sp³-hybridized carbons (Fsp3) is 0.875. The smallest absolute Gasteiger partial charge is 0.0964 e. The van der Waals surface area contributed by atoms with Gasteiger partial charge in [-0.05, 0) is 50.6 Å². The van der Waals surface area contributed by atoms with Crippen LogP contribution in [0.15, 0.2) is 6.20 Å². The highest BCUT2D eigenvalue weighted by molar-refractivity contribution is 4.94. The molecule has 118 valence electrons. The van der Waals surface area contributed by atoms with Crippen molar-refractivity contribution < 1.29 is 0 Å². The molecule has 2 aliphatic rings. The Bertz CT molecular complexity index is 430. The van der Waals surface area contributed by atoms with Crippen LogP contribution in [-0.4, -0.2) is 45.6 Å². The standard InChI is InChI=1S/C16H29N5/c1-13(2)14-5-7-20(8-6-14)9-10-21-12-16(18-19-21)11-17-15-3-4-15/h12-15,17H,3-11H2,1-2H3. The van der Waals surface area contributed by atoms with E-state index in [4.69, 9.17) is 0 Å². The van der Waals surface area contributed by atoms with Gasteiger partial charge < -0.3 is 10.2 Å². The van der Waals surface area contributed by atoms with Crippen molar-refractivity contribution in [1.29, 1.82) is 0 Å². The minimum atomic E-state index is 0.734. The summed E-state index contributed by atoms with van der Waals surface area (Å²) in [5, 5.41) is 12.0. The van der Waals surface area contributed by atoms with Crippen molar-refractivity contribution in [1.82, 2.24) is 25.2 Å². The van der Waals surface area contributed by atoms with E-state index in [1.165, 1.54) is 38.8 Å². The van der Waals surface area contributed by atoms with Gasteiger partial charge in [0.2, 0.25) is 0 Å². The van der Waals surface area contributed by atoms with E-state index in [9.17, 15) is 0 Å². The summed E-state index contributed by atoms with van der Waals surface area (Å²) in [6.07, 6.45) is 7.44. The van der Waals surface area contributed by atoms with Crippen LogP contribution in [-0.2, 0) is 13.1 Å². The number of likely N-dealkylation sites (tertiary alicyclic amines) is 1. The molecule has 1 saturated heterocycles. The van der Waals surface area contributed by atoms with Gasteiger partial charge in [-0.25, -0.2) is 0 Å². The Hall–Kier alpha value is -0.940. The van der Waals surface area contributed by atoms with Crippen molar-refractivity contribution in [2.75, 3.05) is 19.6 Å². The number of hydrogen-bond acceptors (Lipinski definition) is 4. The van der Waals surface area contributed by atoms with Gasteiger partial charge >= 0.3 is 0 Å². The van der Waals surface area contributed by atoms with Crippen molar-refractivity contribution >= 4 is 0 Å². The summed E-state index contributed by atoms with van der Waals surface area (Å²) in [5.74, 6) is 1.76. The van der Waals surface area contributed by atoms with Crippen LogP contribution >= 0.6 is 0 Å². The largest absolute Gasteiger partial charge is 0.308 e. The molecular formula is C16H29N5. The normalized spacial score (nSPS) is 21.3. The minimum absolute atomic E-state index is 0.734. The molecule has 1 N–H and O–H groups in total. The molecule has 2 heterocycles. The lowest BCUT2D eigenvalue weighted by molar-refractivity contribution is 0.152. The Morgan fingerprint density at radius 3 is 2.62 bits per heavy atom. The molecule has 5 nitrogen and oxygen atoms in total. The predicted octanol–water partition coefficient (Wildman–Crippen LogP) is 1.90. The van der Waals surface area contributed by atoms with E-state index in [1.807, 2.05) is 4.68 Å². The summed E-state index contributed by atoms with van der Waals surface area (Å²) >= 11 is 0. The average molecular weight is 291 g/mol. The third-order valence-corrected chi connectivity index (χ3v) is 4.96. The lowest BCUT2D eigenvalue weighted by Gasteiger charge is -2.33. The Morgan fingerprint density at radius 1 is 1.19 bits per heavy atom. The molecule has 1 aromatic rings. The lowest BCUT2D eigenvalue weighted by atomic mass is 9.87. The molecule has 1 aliphatic carbocycles. The third-order valence-electron chi connectivity index (χ3n) is 4.96. The Balaban J connectivity index is 1.37. The zero-order valence-electron chi connectivity index (χ0n) is 13.5. The minimum Gasteiger partial charge on any atom is -0.308 e. The van der Waals surface area contributed by atoms with Gasteiger partial charge in [-0.3, -0.25) is 4.68 Å².